The van der Waals surface area contributed by atoms with Gasteiger partial charge in [-0.2, -0.15) is 0 Å². The highest BCUT2D eigenvalue weighted by Crippen LogP contribution is 2.44. The first-order chi connectivity index (χ1) is 27.6. The molecule has 0 radical (unpaired) electrons. The Kier molecular flexibility index (Phi) is 13.8. The molecule has 2 unspecified atom stereocenters. The Morgan fingerprint density at radius 1 is 1.00 bits per heavy atom. The van der Waals surface area contributed by atoms with Gasteiger partial charge in [0, 0.05) is 62.1 Å². The smallest absolute Gasteiger partial charge is 0.248 e. The standard InChI is InChI=1S/C46H61N5O6Si/c1-45(2,3)58(5,6)57-40(37-21-23-39(52)43-38(37)22-24-41(53)50-43)31-47-29-32-17-19-35(20-18-32)49-42(54)26-28-51(4)27-25-36-30-48-44(56-36)46(55,33-13-9-7-10-14-33)34-15-11-8-12-16-34/h7,9-10,13-14,17-24,30,34,40,47,52,55H,8,11-12,15-16,25-29,31H2,1-6H3,(H,49,54)(H,50,53). The van der Waals surface area contributed by atoms with Gasteiger partial charge < -0.3 is 39.6 Å². The molecule has 0 spiro atoms. The zero-order valence-corrected chi connectivity index (χ0v) is 35.9. The van der Waals surface area contributed by atoms with Crippen LogP contribution in [0, 0.1) is 5.92 Å². The summed E-state index contributed by atoms with van der Waals surface area (Å²) < 4.78 is 13.2. The van der Waals surface area contributed by atoms with Crippen molar-refractivity contribution in [3.8, 4) is 5.75 Å². The lowest BCUT2D eigenvalue weighted by molar-refractivity contribution is -0.116. The second kappa shape index (κ2) is 18.5. The average Bonchev–Trinajstić information content (AvgIpc) is 3.69. The van der Waals surface area contributed by atoms with Gasteiger partial charge in [0.15, 0.2) is 13.9 Å². The van der Waals surface area contributed by atoms with Crippen LogP contribution in [0.3, 0.4) is 0 Å². The Hall–Kier alpha value is -4.59. The van der Waals surface area contributed by atoms with Gasteiger partial charge in [-0.1, -0.05) is 88.6 Å². The topological polar surface area (TPSA) is 153 Å². The van der Waals surface area contributed by atoms with Gasteiger partial charge in [0.05, 0.1) is 17.8 Å². The third-order valence-corrected chi connectivity index (χ3v) is 16.6. The molecule has 1 amide bonds. The van der Waals surface area contributed by atoms with Crippen LogP contribution in [0.2, 0.25) is 18.1 Å². The first kappa shape index (κ1) is 43.0. The summed E-state index contributed by atoms with van der Waals surface area (Å²) in [6.07, 6.45) is 7.64. The number of likely N-dealkylation sites (N-methyl/N-ethyl adjacent to an activating group) is 1. The summed E-state index contributed by atoms with van der Waals surface area (Å²) in [6, 6.07) is 24.3. The van der Waals surface area contributed by atoms with E-state index >= 15 is 0 Å². The van der Waals surface area contributed by atoms with Crippen LogP contribution < -0.4 is 16.2 Å². The van der Waals surface area contributed by atoms with Crippen molar-refractivity contribution in [1.82, 2.24) is 20.2 Å². The summed E-state index contributed by atoms with van der Waals surface area (Å²) in [7, 11) is -0.217. The number of hydrogen-bond acceptors (Lipinski definition) is 9. The van der Waals surface area contributed by atoms with Crippen molar-refractivity contribution in [2.45, 2.75) is 102 Å². The number of aromatic amines is 1. The number of anilines is 1. The number of benzene rings is 3. The lowest BCUT2D eigenvalue weighted by Crippen LogP contribution is -2.43. The Labute approximate surface area is 343 Å². The largest absolute Gasteiger partial charge is 0.506 e. The maximum absolute atomic E-state index is 12.9. The number of aromatic hydroxyl groups is 1. The van der Waals surface area contributed by atoms with Crippen LogP contribution in [-0.2, 0) is 27.8 Å². The third-order valence-electron chi connectivity index (χ3n) is 12.1. The van der Waals surface area contributed by atoms with Crippen molar-refractivity contribution >= 4 is 30.8 Å². The molecule has 0 bridgehead atoms. The van der Waals surface area contributed by atoms with E-state index in [-0.39, 0.29) is 34.3 Å². The molecule has 12 heteroatoms. The van der Waals surface area contributed by atoms with E-state index in [9.17, 15) is 19.8 Å². The average molecular weight is 808 g/mol. The molecule has 1 saturated carbocycles. The van der Waals surface area contributed by atoms with Gasteiger partial charge in [0.2, 0.25) is 17.4 Å². The maximum atomic E-state index is 12.9. The van der Waals surface area contributed by atoms with Crippen LogP contribution in [0.1, 0.15) is 93.7 Å². The molecule has 0 saturated heterocycles. The molecule has 2 aromatic heterocycles. The first-order valence-electron chi connectivity index (χ1n) is 20.7. The minimum Gasteiger partial charge on any atom is -0.506 e. The van der Waals surface area contributed by atoms with Gasteiger partial charge in [-0.05, 0) is 79.0 Å². The number of nitrogens with zero attached hydrogens (tertiary/aromatic N) is 2. The van der Waals surface area contributed by atoms with Gasteiger partial charge in [-0.25, -0.2) is 4.98 Å². The lowest BCUT2D eigenvalue weighted by Gasteiger charge is -2.39. The number of phenolic OH excluding ortho intramolecular Hbond substituents is 1. The number of H-pyrrole nitrogens is 1. The fourth-order valence-electron chi connectivity index (χ4n) is 7.62. The van der Waals surface area contributed by atoms with Crippen molar-refractivity contribution < 1.29 is 23.9 Å². The lowest BCUT2D eigenvalue weighted by atomic mass is 9.73. The van der Waals surface area contributed by atoms with Gasteiger partial charge in [0.25, 0.3) is 0 Å². The summed E-state index contributed by atoms with van der Waals surface area (Å²) in [5, 5.41) is 29.9. The summed E-state index contributed by atoms with van der Waals surface area (Å²) in [6.45, 7) is 13.4. The van der Waals surface area contributed by atoms with Crippen LogP contribution >= 0.6 is 0 Å². The van der Waals surface area contributed by atoms with E-state index < -0.39 is 13.9 Å². The number of pyridine rings is 1. The van der Waals surface area contributed by atoms with Crippen molar-refractivity contribution in [3.05, 3.63) is 124 Å². The van der Waals surface area contributed by atoms with E-state index in [1.807, 2.05) is 67.7 Å². The molecule has 310 valence electrons. The predicted molar refractivity (Wildman–Crippen MR) is 232 cm³/mol. The zero-order valence-electron chi connectivity index (χ0n) is 34.9. The summed E-state index contributed by atoms with van der Waals surface area (Å²) in [5.41, 5.74) is 2.39. The molecule has 2 heterocycles. The van der Waals surface area contributed by atoms with Gasteiger partial charge in [0.1, 0.15) is 11.5 Å². The van der Waals surface area contributed by atoms with Crippen LogP contribution in [-0.4, -0.2) is 66.0 Å². The van der Waals surface area contributed by atoms with E-state index in [0.717, 1.165) is 59.2 Å². The molecule has 2 atom stereocenters. The second-order valence-corrected chi connectivity index (χ2v) is 22.2. The third kappa shape index (κ3) is 10.3. The molecule has 58 heavy (non-hydrogen) atoms. The van der Waals surface area contributed by atoms with E-state index in [4.69, 9.17) is 8.84 Å². The van der Waals surface area contributed by atoms with E-state index in [1.165, 1.54) is 12.5 Å². The molecule has 5 N–H and O–H groups in total. The molecule has 6 rings (SSSR count). The number of amides is 1. The van der Waals surface area contributed by atoms with Gasteiger partial charge in [-0.15, -0.1) is 0 Å². The first-order valence-corrected chi connectivity index (χ1v) is 23.6. The summed E-state index contributed by atoms with van der Waals surface area (Å²) in [5.74, 6) is 1.11. The van der Waals surface area contributed by atoms with E-state index in [2.05, 4.69) is 59.4 Å². The SMILES string of the molecule is CN(CCC(=O)Nc1ccc(CNCC(O[Si](C)(C)C(C)(C)C)c2ccc(O)c3[nH]c(=O)ccc23)cc1)CCc1cnc(C(O)(c2ccccc2)C2CCCCC2)o1. The van der Waals surface area contributed by atoms with Crippen LogP contribution in [0.15, 0.2) is 94.3 Å². The van der Waals surface area contributed by atoms with Gasteiger partial charge in [-0.3, -0.25) is 9.59 Å². The zero-order chi connectivity index (χ0) is 41.5. The molecule has 1 aliphatic carbocycles. The number of carbonyl (C=O) groups excluding carboxylic acids is 1. The number of rotatable bonds is 17. The molecule has 1 fully saturated rings. The Bertz CT molecular complexity index is 2170. The maximum Gasteiger partial charge on any atom is 0.248 e. The van der Waals surface area contributed by atoms with Crippen molar-refractivity contribution in [1.29, 1.82) is 0 Å². The number of aliphatic hydroxyl groups is 1. The predicted octanol–water partition coefficient (Wildman–Crippen LogP) is 8.39. The molecular formula is C46H61N5O6Si. The van der Waals surface area contributed by atoms with E-state index in [1.54, 1.807) is 18.3 Å². The number of aromatic nitrogens is 2. The van der Waals surface area contributed by atoms with Gasteiger partial charge >= 0.3 is 0 Å². The fraction of sp³-hybridized carbons (Fsp3) is 0.457. The Morgan fingerprint density at radius 2 is 1.72 bits per heavy atom. The second-order valence-electron chi connectivity index (χ2n) is 17.4. The molecular weight excluding hydrogens is 747 g/mol. The number of nitrogens with one attached hydrogen (secondary N) is 3. The van der Waals surface area contributed by atoms with Crippen LogP contribution in [0.4, 0.5) is 5.69 Å². The molecule has 11 nitrogen and oxygen atoms in total. The Morgan fingerprint density at radius 3 is 2.43 bits per heavy atom. The molecule has 5 aromatic rings. The van der Waals surface area contributed by atoms with Crippen LogP contribution in [0.5, 0.6) is 5.75 Å². The number of carbonyl (C=O) groups is 1. The van der Waals surface area contributed by atoms with Crippen molar-refractivity contribution in [2.24, 2.45) is 5.92 Å². The quantitative estimate of drug-likeness (QED) is 0.0584. The van der Waals surface area contributed by atoms with Crippen molar-refractivity contribution in [3.63, 3.8) is 0 Å². The van der Waals surface area contributed by atoms with Crippen molar-refractivity contribution in [2.75, 3.05) is 32.0 Å². The molecule has 0 aliphatic heterocycles. The highest BCUT2D eigenvalue weighted by molar-refractivity contribution is 6.74. The molecule has 3 aromatic carbocycles. The highest BCUT2D eigenvalue weighted by Gasteiger charge is 2.45. The number of phenols is 1. The normalized spacial score (nSPS) is 15.7. The van der Waals surface area contributed by atoms with E-state index in [0.29, 0.717) is 50.4 Å². The molecule has 1 aliphatic rings. The number of hydrogen-bond donors (Lipinski definition) is 5. The summed E-state index contributed by atoms with van der Waals surface area (Å²) in [4.78, 5) is 34.5. The number of fused-ring (bicyclic) bond motifs is 1. The minimum absolute atomic E-state index is 0.0177. The minimum atomic E-state index is -2.20. The number of oxazole rings is 1. The Balaban J connectivity index is 0.989. The summed E-state index contributed by atoms with van der Waals surface area (Å²) >= 11 is 0. The fourth-order valence-corrected chi connectivity index (χ4v) is 8.89. The van der Waals surface area contributed by atoms with Crippen LogP contribution in [0.25, 0.3) is 10.9 Å². The monoisotopic (exact) mass is 807 g/mol. The highest BCUT2D eigenvalue weighted by atomic mass is 28.4.